The summed E-state index contributed by atoms with van der Waals surface area (Å²) in [6.07, 6.45) is 4.49. The fourth-order valence-corrected chi connectivity index (χ4v) is 2.66. The highest BCUT2D eigenvalue weighted by Gasteiger charge is 2.22. The largest absolute Gasteiger partial charge is 0.465 e. The molecule has 1 rings (SSSR count). The molecule has 0 radical (unpaired) electrons. The van der Waals surface area contributed by atoms with Gasteiger partial charge in [-0.05, 0) is 52.4 Å². The number of nitrogens with zero attached hydrogens (tertiary/aromatic N) is 1. The van der Waals surface area contributed by atoms with Crippen molar-refractivity contribution in [2.24, 2.45) is 5.92 Å². The Morgan fingerprint density at radius 3 is 2.33 bits per heavy atom. The number of carbonyl (C=O) groups is 2. The molecule has 0 heterocycles. The van der Waals surface area contributed by atoms with Crippen LogP contribution in [0.5, 0.6) is 0 Å². The highest BCUT2D eigenvalue weighted by Crippen LogP contribution is 2.23. The van der Waals surface area contributed by atoms with E-state index < -0.39 is 0 Å². The Bertz CT molecular complexity index is 336. The molecule has 21 heavy (non-hydrogen) atoms. The van der Waals surface area contributed by atoms with Crippen LogP contribution in [0.15, 0.2) is 0 Å². The van der Waals surface area contributed by atoms with Crippen LogP contribution in [0.4, 0.5) is 0 Å². The molecule has 0 unspecified atom stereocenters. The number of carbonyl (C=O) groups excluding carboxylic acids is 2. The Balaban J connectivity index is 2.39. The van der Waals surface area contributed by atoms with Crippen LogP contribution in [0.1, 0.15) is 53.4 Å². The minimum atomic E-state index is -0.273. The standard InChI is InChI=1S/C16H30N2O3/c1-5-21-16(20)11-18(12(2)3)10-15(19)17-14-8-6-13(4)7-9-14/h12-14H,5-11H2,1-4H3,(H,17,19). The molecule has 0 aromatic heterocycles. The predicted octanol–water partition coefficient (Wildman–Crippen LogP) is 1.95. The summed E-state index contributed by atoms with van der Waals surface area (Å²) < 4.78 is 4.95. The molecule has 0 aromatic carbocycles. The molecule has 1 aliphatic rings. The van der Waals surface area contributed by atoms with Crippen LogP contribution in [-0.2, 0) is 14.3 Å². The highest BCUT2D eigenvalue weighted by atomic mass is 16.5. The van der Waals surface area contributed by atoms with Crippen molar-refractivity contribution < 1.29 is 14.3 Å². The van der Waals surface area contributed by atoms with E-state index in [0.29, 0.717) is 12.6 Å². The zero-order valence-corrected chi connectivity index (χ0v) is 13.9. The number of rotatable bonds is 7. The Morgan fingerprint density at radius 1 is 1.19 bits per heavy atom. The van der Waals surface area contributed by atoms with Crippen molar-refractivity contribution in [1.29, 1.82) is 0 Å². The molecule has 5 nitrogen and oxygen atoms in total. The second-order valence-corrected chi connectivity index (χ2v) is 6.33. The molecule has 0 saturated heterocycles. The van der Waals surface area contributed by atoms with Gasteiger partial charge in [0, 0.05) is 12.1 Å². The van der Waals surface area contributed by atoms with Crippen molar-refractivity contribution >= 4 is 11.9 Å². The van der Waals surface area contributed by atoms with Crippen LogP contribution in [0, 0.1) is 5.92 Å². The summed E-state index contributed by atoms with van der Waals surface area (Å²) in [4.78, 5) is 25.6. The number of esters is 1. The smallest absolute Gasteiger partial charge is 0.320 e. The summed E-state index contributed by atoms with van der Waals surface area (Å²) >= 11 is 0. The fourth-order valence-electron chi connectivity index (χ4n) is 2.66. The summed E-state index contributed by atoms with van der Waals surface area (Å²) in [5.41, 5.74) is 0. The number of nitrogens with one attached hydrogen (secondary N) is 1. The second kappa shape index (κ2) is 9.03. The molecule has 1 fully saturated rings. The van der Waals surface area contributed by atoms with E-state index in [1.54, 1.807) is 6.92 Å². The maximum atomic E-state index is 12.1. The third-order valence-corrected chi connectivity index (χ3v) is 4.10. The minimum absolute atomic E-state index is 0.00699. The van der Waals surface area contributed by atoms with Gasteiger partial charge in [0.25, 0.3) is 0 Å². The normalized spacial score (nSPS) is 22.4. The molecule has 1 N–H and O–H groups in total. The molecule has 5 heteroatoms. The first-order valence-electron chi connectivity index (χ1n) is 8.11. The SMILES string of the molecule is CCOC(=O)CN(CC(=O)NC1CCC(C)CC1)C(C)C. The van der Waals surface area contributed by atoms with Crippen molar-refractivity contribution in [3.8, 4) is 0 Å². The first-order valence-corrected chi connectivity index (χ1v) is 8.11. The average molecular weight is 298 g/mol. The minimum Gasteiger partial charge on any atom is -0.465 e. The molecule has 0 atom stereocenters. The zero-order chi connectivity index (χ0) is 15.8. The molecule has 1 aliphatic carbocycles. The zero-order valence-electron chi connectivity index (χ0n) is 13.9. The van der Waals surface area contributed by atoms with Gasteiger partial charge in [-0.3, -0.25) is 14.5 Å². The fraction of sp³-hybridized carbons (Fsp3) is 0.875. The summed E-state index contributed by atoms with van der Waals surface area (Å²) in [6, 6.07) is 0.428. The van der Waals surface area contributed by atoms with Gasteiger partial charge in [-0.15, -0.1) is 0 Å². The van der Waals surface area contributed by atoms with E-state index in [1.165, 1.54) is 12.8 Å². The van der Waals surface area contributed by atoms with Gasteiger partial charge >= 0.3 is 5.97 Å². The summed E-state index contributed by atoms with van der Waals surface area (Å²) in [7, 11) is 0. The van der Waals surface area contributed by atoms with Crippen molar-refractivity contribution in [2.75, 3.05) is 19.7 Å². The first kappa shape index (κ1) is 18.0. The van der Waals surface area contributed by atoms with Gasteiger partial charge in [-0.25, -0.2) is 0 Å². The molecule has 122 valence electrons. The Morgan fingerprint density at radius 2 is 1.81 bits per heavy atom. The molecular weight excluding hydrogens is 268 g/mol. The molecule has 0 aliphatic heterocycles. The van der Waals surface area contributed by atoms with E-state index in [4.69, 9.17) is 4.74 Å². The second-order valence-electron chi connectivity index (χ2n) is 6.33. The van der Waals surface area contributed by atoms with Gasteiger partial charge in [0.05, 0.1) is 19.7 Å². The number of hydrogen-bond donors (Lipinski definition) is 1. The first-order chi connectivity index (χ1) is 9.92. The van der Waals surface area contributed by atoms with Crippen molar-refractivity contribution in [2.45, 2.75) is 65.5 Å². The predicted molar refractivity (Wildman–Crippen MR) is 82.9 cm³/mol. The Hall–Kier alpha value is -1.10. The summed E-state index contributed by atoms with van der Waals surface area (Å²) in [6.45, 7) is 8.80. The van der Waals surface area contributed by atoms with Crippen molar-refractivity contribution in [3.05, 3.63) is 0 Å². The quantitative estimate of drug-likeness (QED) is 0.730. The Labute approximate surface area is 128 Å². The van der Waals surface area contributed by atoms with Gasteiger partial charge in [0.2, 0.25) is 5.91 Å². The van der Waals surface area contributed by atoms with Crippen LogP contribution in [0.25, 0.3) is 0 Å². The van der Waals surface area contributed by atoms with Gasteiger partial charge in [0.1, 0.15) is 0 Å². The lowest BCUT2D eigenvalue weighted by Gasteiger charge is -2.29. The van der Waals surface area contributed by atoms with Crippen LogP contribution in [0.2, 0.25) is 0 Å². The van der Waals surface area contributed by atoms with Gasteiger partial charge in [-0.1, -0.05) is 6.92 Å². The lowest BCUT2D eigenvalue weighted by atomic mass is 9.87. The lowest BCUT2D eigenvalue weighted by Crippen LogP contribution is -2.46. The third kappa shape index (κ3) is 6.93. The van der Waals surface area contributed by atoms with Crippen LogP contribution >= 0.6 is 0 Å². The van der Waals surface area contributed by atoms with Crippen molar-refractivity contribution in [1.82, 2.24) is 10.2 Å². The van der Waals surface area contributed by atoms with E-state index in [2.05, 4.69) is 12.2 Å². The number of amides is 1. The van der Waals surface area contributed by atoms with Crippen LogP contribution in [0.3, 0.4) is 0 Å². The van der Waals surface area contributed by atoms with E-state index in [0.717, 1.165) is 18.8 Å². The summed E-state index contributed by atoms with van der Waals surface area (Å²) in [5.74, 6) is 0.507. The third-order valence-electron chi connectivity index (χ3n) is 4.10. The molecule has 0 aromatic rings. The molecule has 1 saturated carbocycles. The maximum Gasteiger partial charge on any atom is 0.320 e. The lowest BCUT2D eigenvalue weighted by molar-refractivity contribution is -0.145. The Kier molecular flexibility index (Phi) is 7.72. The van der Waals surface area contributed by atoms with Gasteiger partial charge in [0.15, 0.2) is 0 Å². The van der Waals surface area contributed by atoms with Gasteiger partial charge < -0.3 is 10.1 Å². The van der Waals surface area contributed by atoms with E-state index in [9.17, 15) is 9.59 Å². The van der Waals surface area contributed by atoms with E-state index >= 15 is 0 Å². The summed E-state index contributed by atoms with van der Waals surface area (Å²) in [5, 5.41) is 3.10. The average Bonchev–Trinajstić information content (AvgIpc) is 2.41. The van der Waals surface area contributed by atoms with E-state index in [-0.39, 0.29) is 31.0 Å². The van der Waals surface area contributed by atoms with Crippen LogP contribution in [-0.4, -0.2) is 48.6 Å². The van der Waals surface area contributed by atoms with E-state index in [1.807, 2.05) is 18.7 Å². The number of hydrogen-bond acceptors (Lipinski definition) is 4. The highest BCUT2D eigenvalue weighted by molar-refractivity contribution is 5.79. The monoisotopic (exact) mass is 298 g/mol. The van der Waals surface area contributed by atoms with Gasteiger partial charge in [-0.2, -0.15) is 0 Å². The molecule has 1 amide bonds. The molecule has 0 spiro atoms. The maximum absolute atomic E-state index is 12.1. The topological polar surface area (TPSA) is 58.6 Å². The molecular formula is C16H30N2O3. The van der Waals surface area contributed by atoms with Crippen LogP contribution < -0.4 is 5.32 Å². The number of ether oxygens (including phenoxy) is 1. The van der Waals surface area contributed by atoms with Crippen molar-refractivity contribution in [3.63, 3.8) is 0 Å². The molecule has 0 bridgehead atoms.